The number of carbonyl (C=O) groups excluding carboxylic acids is 2. The third kappa shape index (κ3) is 4.69. The molecule has 0 fully saturated rings. The van der Waals surface area contributed by atoms with E-state index in [1.807, 2.05) is 0 Å². The average Bonchev–Trinajstić information content (AvgIpc) is 2.42. The van der Waals surface area contributed by atoms with Gasteiger partial charge in [-0.2, -0.15) is 0 Å². The molecule has 7 heteroatoms. The molecule has 0 aliphatic rings. The monoisotopic (exact) mass is 280 g/mol. The SMILES string of the molecule is NC(=O)CC[C@@H](NC(=O)C(O)c1ccccc1)C(=O)O. The number of aliphatic carboxylic acids is 1. The van der Waals surface area contributed by atoms with Crippen LogP contribution in [0.1, 0.15) is 24.5 Å². The highest BCUT2D eigenvalue weighted by Crippen LogP contribution is 2.12. The minimum absolute atomic E-state index is 0.127. The van der Waals surface area contributed by atoms with E-state index in [0.717, 1.165) is 0 Å². The van der Waals surface area contributed by atoms with Gasteiger partial charge in [0.1, 0.15) is 6.04 Å². The molecule has 0 saturated heterocycles. The summed E-state index contributed by atoms with van der Waals surface area (Å²) in [5, 5.41) is 20.9. The lowest BCUT2D eigenvalue weighted by Crippen LogP contribution is -2.43. The van der Waals surface area contributed by atoms with Crippen LogP contribution in [0.5, 0.6) is 0 Å². The van der Waals surface area contributed by atoms with Gasteiger partial charge in [0.05, 0.1) is 0 Å². The molecule has 0 saturated carbocycles. The zero-order valence-electron chi connectivity index (χ0n) is 10.7. The topological polar surface area (TPSA) is 130 Å². The summed E-state index contributed by atoms with van der Waals surface area (Å²) in [7, 11) is 0. The number of hydrogen-bond donors (Lipinski definition) is 4. The Morgan fingerprint density at radius 2 is 1.80 bits per heavy atom. The molecule has 5 N–H and O–H groups in total. The van der Waals surface area contributed by atoms with Crippen molar-refractivity contribution < 1.29 is 24.6 Å². The van der Waals surface area contributed by atoms with Gasteiger partial charge in [-0.1, -0.05) is 30.3 Å². The van der Waals surface area contributed by atoms with Gasteiger partial charge in [-0.15, -0.1) is 0 Å². The number of benzene rings is 1. The highest BCUT2D eigenvalue weighted by molar-refractivity contribution is 5.87. The summed E-state index contributed by atoms with van der Waals surface area (Å²) in [5.41, 5.74) is 5.28. The number of carbonyl (C=O) groups is 3. The van der Waals surface area contributed by atoms with E-state index >= 15 is 0 Å². The van der Waals surface area contributed by atoms with E-state index in [9.17, 15) is 19.5 Å². The number of rotatable bonds is 7. The van der Waals surface area contributed by atoms with Gasteiger partial charge >= 0.3 is 5.97 Å². The van der Waals surface area contributed by atoms with Crippen molar-refractivity contribution in [3.05, 3.63) is 35.9 Å². The van der Waals surface area contributed by atoms with Crippen molar-refractivity contribution >= 4 is 17.8 Å². The Kier molecular flexibility index (Phi) is 5.67. The summed E-state index contributed by atoms with van der Waals surface area (Å²) in [4.78, 5) is 33.4. The molecule has 2 atom stereocenters. The summed E-state index contributed by atoms with van der Waals surface area (Å²) in [5.74, 6) is -2.79. The summed E-state index contributed by atoms with van der Waals surface area (Å²) >= 11 is 0. The molecule has 20 heavy (non-hydrogen) atoms. The Bertz CT molecular complexity index is 489. The molecular formula is C13H16N2O5. The van der Waals surface area contributed by atoms with E-state index in [2.05, 4.69) is 5.32 Å². The van der Waals surface area contributed by atoms with E-state index < -0.39 is 29.9 Å². The van der Waals surface area contributed by atoms with Gasteiger partial charge in [0.2, 0.25) is 5.91 Å². The molecule has 1 unspecified atom stereocenters. The second kappa shape index (κ2) is 7.25. The number of carboxylic acids is 1. The van der Waals surface area contributed by atoms with Crippen LogP contribution in [-0.4, -0.2) is 34.0 Å². The predicted molar refractivity (Wildman–Crippen MR) is 69.4 cm³/mol. The number of amides is 2. The Balaban J connectivity index is 2.66. The first-order chi connectivity index (χ1) is 9.41. The van der Waals surface area contributed by atoms with Crippen molar-refractivity contribution in [2.24, 2.45) is 5.73 Å². The van der Waals surface area contributed by atoms with Crippen molar-refractivity contribution in [3.63, 3.8) is 0 Å². The fourth-order valence-electron chi connectivity index (χ4n) is 1.58. The standard InChI is InChI=1S/C13H16N2O5/c14-10(16)7-6-9(13(19)20)15-12(18)11(17)8-4-2-1-3-5-8/h1-5,9,11,17H,6-7H2,(H2,14,16)(H,15,18)(H,19,20)/t9-,11?/m1/s1. The Labute approximate surface area is 115 Å². The van der Waals surface area contributed by atoms with Gasteiger partial charge in [0.15, 0.2) is 6.10 Å². The summed E-state index contributed by atoms with van der Waals surface area (Å²) in [6, 6.07) is 6.84. The molecule has 0 radical (unpaired) electrons. The number of aliphatic hydroxyl groups is 1. The van der Waals surface area contributed by atoms with Crippen LogP contribution in [0.2, 0.25) is 0 Å². The molecule has 0 aliphatic carbocycles. The Morgan fingerprint density at radius 1 is 1.20 bits per heavy atom. The van der Waals surface area contributed by atoms with Crippen LogP contribution in [0, 0.1) is 0 Å². The Hall–Kier alpha value is -2.41. The molecule has 0 aliphatic heterocycles. The first kappa shape index (κ1) is 15.6. The molecule has 7 nitrogen and oxygen atoms in total. The van der Waals surface area contributed by atoms with E-state index in [0.29, 0.717) is 5.56 Å². The predicted octanol–water partition coefficient (Wildman–Crippen LogP) is -0.445. The van der Waals surface area contributed by atoms with E-state index in [1.54, 1.807) is 30.3 Å². The zero-order chi connectivity index (χ0) is 15.1. The first-order valence-corrected chi connectivity index (χ1v) is 5.96. The average molecular weight is 280 g/mol. The minimum atomic E-state index is -1.47. The molecule has 1 aromatic rings. The lowest BCUT2D eigenvalue weighted by Gasteiger charge is -2.17. The van der Waals surface area contributed by atoms with E-state index in [4.69, 9.17) is 10.8 Å². The molecule has 2 amide bonds. The molecule has 0 aromatic heterocycles. The fraction of sp³-hybridized carbons (Fsp3) is 0.308. The normalized spacial score (nSPS) is 13.2. The third-order valence-electron chi connectivity index (χ3n) is 2.66. The number of carboxylic acid groups (broad SMARTS) is 1. The first-order valence-electron chi connectivity index (χ1n) is 5.96. The number of nitrogens with one attached hydrogen (secondary N) is 1. The van der Waals surface area contributed by atoms with Gasteiger partial charge in [-0.05, 0) is 12.0 Å². The number of nitrogens with two attached hydrogens (primary N) is 1. The number of primary amides is 1. The largest absolute Gasteiger partial charge is 0.480 e. The lowest BCUT2D eigenvalue weighted by molar-refractivity contribution is -0.143. The zero-order valence-corrected chi connectivity index (χ0v) is 10.7. The quantitative estimate of drug-likeness (QED) is 0.537. The molecule has 1 aromatic carbocycles. The van der Waals surface area contributed by atoms with E-state index in [-0.39, 0.29) is 12.8 Å². The van der Waals surface area contributed by atoms with Crippen molar-refractivity contribution in [2.75, 3.05) is 0 Å². The Morgan fingerprint density at radius 3 is 2.30 bits per heavy atom. The molecular weight excluding hydrogens is 264 g/mol. The summed E-state index contributed by atoms with van der Waals surface area (Å²) < 4.78 is 0. The maximum absolute atomic E-state index is 11.8. The summed E-state index contributed by atoms with van der Waals surface area (Å²) in [6.45, 7) is 0. The molecule has 0 spiro atoms. The highest BCUT2D eigenvalue weighted by Gasteiger charge is 2.25. The fourth-order valence-corrected chi connectivity index (χ4v) is 1.58. The van der Waals surface area contributed by atoms with Crippen molar-refractivity contribution in [2.45, 2.75) is 25.0 Å². The number of aliphatic hydroxyl groups excluding tert-OH is 1. The van der Waals surface area contributed by atoms with Gasteiger partial charge in [0.25, 0.3) is 5.91 Å². The van der Waals surface area contributed by atoms with E-state index in [1.165, 1.54) is 0 Å². The third-order valence-corrected chi connectivity index (χ3v) is 2.66. The van der Waals surface area contributed by atoms with Crippen molar-refractivity contribution in [1.29, 1.82) is 0 Å². The lowest BCUT2D eigenvalue weighted by atomic mass is 10.1. The van der Waals surface area contributed by atoms with Crippen molar-refractivity contribution in [1.82, 2.24) is 5.32 Å². The second-order valence-corrected chi connectivity index (χ2v) is 4.22. The van der Waals surface area contributed by atoms with Crippen LogP contribution < -0.4 is 11.1 Å². The van der Waals surface area contributed by atoms with Gasteiger partial charge in [-0.3, -0.25) is 9.59 Å². The van der Waals surface area contributed by atoms with Crippen LogP contribution in [0.3, 0.4) is 0 Å². The van der Waals surface area contributed by atoms with Gasteiger partial charge in [0, 0.05) is 6.42 Å². The smallest absolute Gasteiger partial charge is 0.326 e. The highest BCUT2D eigenvalue weighted by atomic mass is 16.4. The molecule has 0 heterocycles. The van der Waals surface area contributed by atoms with Crippen molar-refractivity contribution in [3.8, 4) is 0 Å². The molecule has 0 bridgehead atoms. The van der Waals surface area contributed by atoms with Crippen LogP contribution >= 0.6 is 0 Å². The minimum Gasteiger partial charge on any atom is -0.480 e. The second-order valence-electron chi connectivity index (χ2n) is 4.22. The van der Waals surface area contributed by atoms with Crippen LogP contribution in [0.4, 0.5) is 0 Å². The summed E-state index contributed by atoms with van der Waals surface area (Å²) in [6.07, 6.45) is -1.76. The van der Waals surface area contributed by atoms with Gasteiger partial charge in [-0.25, -0.2) is 4.79 Å². The maximum atomic E-state index is 11.8. The maximum Gasteiger partial charge on any atom is 0.326 e. The van der Waals surface area contributed by atoms with Crippen LogP contribution in [0.25, 0.3) is 0 Å². The van der Waals surface area contributed by atoms with Crippen LogP contribution in [-0.2, 0) is 14.4 Å². The number of hydrogen-bond acceptors (Lipinski definition) is 4. The van der Waals surface area contributed by atoms with Crippen LogP contribution in [0.15, 0.2) is 30.3 Å². The van der Waals surface area contributed by atoms with Gasteiger partial charge < -0.3 is 21.3 Å². The molecule has 108 valence electrons. The molecule has 1 rings (SSSR count).